The van der Waals surface area contributed by atoms with Gasteiger partial charge in [-0.3, -0.25) is 14.7 Å². The molecule has 38 heavy (non-hydrogen) atoms. The summed E-state index contributed by atoms with van der Waals surface area (Å²) in [6, 6.07) is 20.3. The van der Waals surface area contributed by atoms with Gasteiger partial charge < -0.3 is 9.80 Å². The minimum Gasteiger partial charge on any atom is -0.372 e. The van der Waals surface area contributed by atoms with Gasteiger partial charge in [-0.15, -0.1) is 0 Å². The Hall–Kier alpha value is -3.71. The average molecular weight is 510 g/mol. The first-order valence-electron chi connectivity index (χ1n) is 13.8. The van der Waals surface area contributed by atoms with Crippen LogP contribution in [0.3, 0.4) is 0 Å². The first kappa shape index (κ1) is 24.6. The van der Waals surface area contributed by atoms with Crippen molar-refractivity contribution < 1.29 is 9.59 Å². The largest absolute Gasteiger partial charge is 0.372 e. The molecule has 196 valence electrons. The number of likely N-dealkylation sites (N-methyl/N-ethyl adjacent to an activating group) is 1. The highest BCUT2D eigenvalue weighted by atomic mass is 16.2. The molecule has 0 N–H and O–H groups in total. The van der Waals surface area contributed by atoms with Gasteiger partial charge >= 0.3 is 6.03 Å². The lowest BCUT2D eigenvalue weighted by atomic mass is 9.85. The number of aromatic nitrogens is 1. The molecule has 0 radical (unpaired) electrons. The van der Waals surface area contributed by atoms with Gasteiger partial charge in [-0.05, 0) is 79.6 Å². The third-order valence-electron chi connectivity index (χ3n) is 8.47. The van der Waals surface area contributed by atoms with E-state index in [-0.39, 0.29) is 11.9 Å². The first-order valence-corrected chi connectivity index (χ1v) is 13.8. The summed E-state index contributed by atoms with van der Waals surface area (Å²) < 4.78 is 0. The minimum atomic E-state index is -0.760. The summed E-state index contributed by atoms with van der Waals surface area (Å²) in [7, 11) is 0. The van der Waals surface area contributed by atoms with Crippen LogP contribution in [0.2, 0.25) is 0 Å². The van der Waals surface area contributed by atoms with Crippen LogP contribution in [-0.4, -0.2) is 65.0 Å². The van der Waals surface area contributed by atoms with Crippen LogP contribution in [0.5, 0.6) is 0 Å². The molecule has 0 unspecified atom stereocenters. The second kappa shape index (κ2) is 10.2. The van der Waals surface area contributed by atoms with E-state index in [2.05, 4.69) is 39.0 Å². The number of piperidine rings is 1. The van der Waals surface area contributed by atoms with E-state index in [1.807, 2.05) is 49.5 Å². The summed E-state index contributed by atoms with van der Waals surface area (Å²) in [5.74, 6) is -0.0897. The molecular formula is C31H35N5O2. The van der Waals surface area contributed by atoms with E-state index >= 15 is 0 Å². The number of hydrogen-bond acceptors (Lipinski definition) is 5. The van der Waals surface area contributed by atoms with Crippen molar-refractivity contribution in [1.29, 1.82) is 0 Å². The Bertz CT molecular complexity index is 1280. The van der Waals surface area contributed by atoms with Crippen molar-refractivity contribution in [3.8, 4) is 11.1 Å². The summed E-state index contributed by atoms with van der Waals surface area (Å²) in [5, 5.41) is 0. The molecule has 1 aromatic heterocycles. The van der Waals surface area contributed by atoms with E-state index in [1.54, 1.807) is 11.1 Å². The first-order chi connectivity index (χ1) is 18.6. The van der Waals surface area contributed by atoms with Gasteiger partial charge in [0, 0.05) is 57.3 Å². The van der Waals surface area contributed by atoms with Crippen LogP contribution in [0.1, 0.15) is 38.2 Å². The van der Waals surface area contributed by atoms with Gasteiger partial charge in [-0.25, -0.2) is 9.69 Å². The summed E-state index contributed by atoms with van der Waals surface area (Å²) in [5.41, 5.74) is 4.48. The highest BCUT2D eigenvalue weighted by molar-refractivity contribution is 6.23. The van der Waals surface area contributed by atoms with Crippen LogP contribution in [0, 0.1) is 0 Å². The molecule has 3 amide bonds. The van der Waals surface area contributed by atoms with Crippen LogP contribution in [0.25, 0.3) is 11.1 Å². The van der Waals surface area contributed by atoms with Crippen molar-refractivity contribution in [3.05, 3.63) is 78.6 Å². The highest BCUT2D eigenvalue weighted by Crippen LogP contribution is 2.40. The number of carbonyl (C=O) groups is 2. The Balaban J connectivity index is 1.14. The van der Waals surface area contributed by atoms with Gasteiger partial charge in [0.25, 0.3) is 5.91 Å². The fourth-order valence-electron chi connectivity index (χ4n) is 6.33. The maximum absolute atomic E-state index is 13.9. The van der Waals surface area contributed by atoms with Gasteiger partial charge in [-0.2, -0.15) is 0 Å². The number of benzene rings is 2. The number of anilines is 2. The van der Waals surface area contributed by atoms with E-state index in [0.717, 1.165) is 43.9 Å². The van der Waals surface area contributed by atoms with E-state index < -0.39 is 5.54 Å². The van der Waals surface area contributed by atoms with Crippen LogP contribution in [0.4, 0.5) is 16.2 Å². The normalized spacial score (nSPS) is 19.7. The van der Waals surface area contributed by atoms with Crippen molar-refractivity contribution in [2.24, 2.45) is 0 Å². The van der Waals surface area contributed by atoms with Gasteiger partial charge in [0.2, 0.25) is 0 Å². The quantitative estimate of drug-likeness (QED) is 0.429. The Labute approximate surface area is 224 Å². The molecule has 0 saturated carbocycles. The molecule has 3 aliphatic heterocycles. The van der Waals surface area contributed by atoms with Crippen LogP contribution >= 0.6 is 0 Å². The number of nitrogens with zero attached hydrogens (tertiary/aromatic N) is 5. The Morgan fingerprint density at radius 3 is 2.13 bits per heavy atom. The number of likely N-dealkylation sites (tertiary alicyclic amines) is 1. The predicted molar refractivity (Wildman–Crippen MR) is 150 cm³/mol. The molecule has 3 aromatic rings. The number of amides is 3. The van der Waals surface area contributed by atoms with Gasteiger partial charge in [0.15, 0.2) is 0 Å². The number of urea groups is 1. The highest BCUT2D eigenvalue weighted by Gasteiger charge is 2.57. The molecule has 1 spiro atoms. The standard InChI is InChI=1S/C31H35N5O2/c1-2-35-30(38)36(28-13-9-25(10-14-28)26-6-5-17-32-22-26)29(37)31(35)15-20-33(21-16-31)23-24-7-11-27(12-8-24)34-18-3-4-19-34/h5-14,17,22H,2-4,15-16,18-21,23H2,1H3. The lowest BCUT2D eigenvalue weighted by molar-refractivity contribution is -0.127. The Kier molecular flexibility index (Phi) is 6.62. The number of carbonyl (C=O) groups excluding carboxylic acids is 2. The smallest absolute Gasteiger partial charge is 0.332 e. The third kappa shape index (κ3) is 4.35. The van der Waals surface area contributed by atoms with Gasteiger partial charge in [0.1, 0.15) is 5.54 Å². The molecule has 7 heteroatoms. The molecule has 0 atom stereocenters. The van der Waals surface area contributed by atoms with Crippen molar-refractivity contribution in [1.82, 2.24) is 14.8 Å². The zero-order chi connectivity index (χ0) is 26.1. The molecule has 3 aliphatic rings. The van der Waals surface area contributed by atoms with E-state index in [4.69, 9.17) is 0 Å². The van der Waals surface area contributed by atoms with Crippen LogP contribution < -0.4 is 9.80 Å². The van der Waals surface area contributed by atoms with Crippen molar-refractivity contribution >= 4 is 23.3 Å². The third-order valence-corrected chi connectivity index (χ3v) is 8.47. The minimum absolute atomic E-state index is 0.0897. The van der Waals surface area contributed by atoms with E-state index in [9.17, 15) is 9.59 Å². The fourth-order valence-corrected chi connectivity index (χ4v) is 6.33. The SMILES string of the molecule is CCN1C(=O)N(c2ccc(-c3cccnc3)cc2)C(=O)C12CCN(Cc1ccc(N3CCCC3)cc1)CC2. The molecule has 4 heterocycles. The molecule has 7 nitrogen and oxygen atoms in total. The second-order valence-electron chi connectivity index (χ2n) is 10.6. The summed E-state index contributed by atoms with van der Waals surface area (Å²) in [4.78, 5) is 39.6. The van der Waals surface area contributed by atoms with Gasteiger partial charge in [-0.1, -0.05) is 30.3 Å². The number of hydrogen-bond donors (Lipinski definition) is 0. The number of imide groups is 1. The average Bonchev–Trinajstić information content (AvgIpc) is 3.57. The summed E-state index contributed by atoms with van der Waals surface area (Å²) >= 11 is 0. The van der Waals surface area contributed by atoms with Crippen LogP contribution in [-0.2, 0) is 11.3 Å². The Morgan fingerprint density at radius 1 is 0.816 bits per heavy atom. The Morgan fingerprint density at radius 2 is 1.50 bits per heavy atom. The molecule has 6 rings (SSSR count). The molecule has 0 bridgehead atoms. The number of rotatable bonds is 6. The molecular weight excluding hydrogens is 474 g/mol. The number of pyridine rings is 1. The van der Waals surface area contributed by atoms with Crippen molar-refractivity contribution in [2.45, 2.75) is 44.7 Å². The monoisotopic (exact) mass is 509 g/mol. The molecule has 3 saturated heterocycles. The molecule has 0 aliphatic carbocycles. The maximum Gasteiger partial charge on any atom is 0.332 e. The maximum atomic E-state index is 13.9. The molecule has 2 aromatic carbocycles. The summed E-state index contributed by atoms with van der Waals surface area (Å²) in [6.07, 6.45) is 7.42. The lowest BCUT2D eigenvalue weighted by Crippen LogP contribution is -2.56. The topological polar surface area (TPSA) is 60.0 Å². The van der Waals surface area contributed by atoms with Crippen LogP contribution in [0.15, 0.2) is 73.1 Å². The zero-order valence-electron chi connectivity index (χ0n) is 22.1. The zero-order valence-corrected chi connectivity index (χ0v) is 22.1. The van der Waals surface area contributed by atoms with E-state index in [1.165, 1.54) is 29.0 Å². The van der Waals surface area contributed by atoms with E-state index in [0.29, 0.717) is 25.1 Å². The van der Waals surface area contributed by atoms with Crippen molar-refractivity contribution in [3.63, 3.8) is 0 Å². The lowest BCUT2D eigenvalue weighted by Gasteiger charge is -2.41. The summed E-state index contributed by atoms with van der Waals surface area (Å²) in [6.45, 7) is 7.24. The molecule has 3 fully saturated rings. The van der Waals surface area contributed by atoms with Crippen molar-refractivity contribution in [2.75, 3.05) is 42.5 Å². The fraction of sp³-hybridized carbons (Fsp3) is 0.387. The predicted octanol–water partition coefficient (Wildman–Crippen LogP) is 5.17. The van der Waals surface area contributed by atoms with Gasteiger partial charge in [0.05, 0.1) is 5.69 Å². The second-order valence-corrected chi connectivity index (χ2v) is 10.6.